The van der Waals surface area contributed by atoms with Crippen LogP contribution in [0.15, 0.2) is 53.4 Å². The van der Waals surface area contributed by atoms with Crippen molar-refractivity contribution in [1.29, 1.82) is 0 Å². The minimum absolute atomic E-state index is 0.322. The average Bonchev–Trinajstić information content (AvgIpc) is 2.86. The Bertz CT molecular complexity index is 766. The molecule has 110 valence electrons. The van der Waals surface area contributed by atoms with Crippen molar-refractivity contribution in [1.82, 2.24) is 5.32 Å². The van der Waals surface area contributed by atoms with Crippen molar-refractivity contribution < 1.29 is 9.59 Å². The molecule has 0 aliphatic carbocycles. The summed E-state index contributed by atoms with van der Waals surface area (Å²) in [6, 6.07) is 16.0. The van der Waals surface area contributed by atoms with Crippen molar-refractivity contribution in [2.75, 3.05) is 12.4 Å². The molecule has 0 atom stereocenters. The summed E-state index contributed by atoms with van der Waals surface area (Å²) in [4.78, 5) is 23.1. The zero-order valence-electron chi connectivity index (χ0n) is 11.9. The van der Waals surface area contributed by atoms with Crippen LogP contribution in [0.4, 0.5) is 10.5 Å². The highest BCUT2D eigenvalue weighted by Crippen LogP contribution is 2.27. The van der Waals surface area contributed by atoms with Gasteiger partial charge in [0.1, 0.15) is 0 Å². The molecule has 1 fully saturated rings. The zero-order chi connectivity index (χ0) is 15.5. The van der Waals surface area contributed by atoms with Crippen molar-refractivity contribution in [3.63, 3.8) is 0 Å². The van der Waals surface area contributed by atoms with Crippen molar-refractivity contribution >= 4 is 34.7 Å². The number of carbonyl (C=O) groups is 2. The van der Waals surface area contributed by atoms with Crippen LogP contribution in [-0.4, -0.2) is 18.2 Å². The van der Waals surface area contributed by atoms with Gasteiger partial charge in [-0.15, -0.1) is 0 Å². The number of nitrogens with one attached hydrogen (secondary N) is 2. The third-order valence-electron chi connectivity index (χ3n) is 3.34. The summed E-state index contributed by atoms with van der Waals surface area (Å²) in [5.41, 5.74) is 4.16. The van der Waals surface area contributed by atoms with Crippen LogP contribution in [0.3, 0.4) is 0 Å². The molecule has 3 rings (SSSR count). The molecule has 2 amide bonds. The molecule has 1 heterocycles. The smallest absolute Gasteiger partial charge is 0.290 e. The van der Waals surface area contributed by atoms with E-state index in [0.717, 1.165) is 34.1 Å². The molecule has 1 saturated heterocycles. The minimum atomic E-state index is -0.333. The molecule has 4 nitrogen and oxygen atoms in total. The Hall–Kier alpha value is -2.53. The normalized spacial score (nSPS) is 16.0. The van der Waals surface area contributed by atoms with E-state index in [4.69, 9.17) is 0 Å². The molecule has 1 aliphatic heterocycles. The van der Waals surface area contributed by atoms with Gasteiger partial charge in [-0.3, -0.25) is 14.9 Å². The number of carbonyl (C=O) groups excluding carboxylic acids is 2. The Morgan fingerprint density at radius 1 is 1.05 bits per heavy atom. The van der Waals surface area contributed by atoms with Gasteiger partial charge in [0.2, 0.25) is 0 Å². The van der Waals surface area contributed by atoms with Crippen molar-refractivity contribution in [3.05, 3.63) is 59.0 Å². The van der Waals surface area contributed by atoms with E-state index in [9.17, 15) is 9.59 Å². The lowest BCUT2D eigenvalue weighted by molar-refractivity contribution is -0.115. The fourth-order valence-corrected chi connectivity index (χ4v) is 2.88. The number of hydrogen-bond acceptors (Lipinski definition) is 4. The average molecular weight is 310 g/mol. The molecule has 0 unspecified atom stereocenters. The monoisotopic (exact) mass is 310 g/mol. The number of anilines is 1. The molecule has 0 bridgehead atoms. The maximum atomic E-state index is 11.5. The molecule has 1 aliphatic rings. The number of imide groups is 1. The summed E-state index contributed by atoms with van der Waals surface area (Å²) >= 11 is 0.927. The molecular weight excluding hydrogens is 296 g/mol. The lowest BCUT2D eigenvalue weighted by Gasteiger charge is -2.05. The summed E-state index contributed by atoms with van der Waals surface area (Å²) in [7, 11) is 1.89. The summed E-state index contributed by atoms with van der Waals surface area (Å²) < 4.78 is 0. The van der Waals surface area contributed by atoms with Gasteiger partial charge in [0.15, 0.2) is 0 Å². The highest BCUT2D eigenvalue weighted by atomic mass is 32.2. The van der Waals surface area contributed by atoms with Crippen LogP contribution in [0.5, 0.6) is 0 Å². The number of hydrogen-bond donors (Lipinski definition) is 2. The third kappa shape index (κ3) is 3.04. The largest absolute Gasteiger partial charge is 0.388 e. The SMILES string of the molecule is CNc1cccc(-c2ccc(/C=C3\SC(=O)NC3=O)cc2)c1. The topological polar surface area (TPSA) is 58.2 Å². The first-order chi connectivity index (χ1) is 10.7. The quantitative estimate of drug-likeness (QED) is 0.848. The van der Waals surface area contributed by atoms with Crippen LogP contribution in [0, 0.1) is 0 Å². The van der Waals surface area contributed by atoms with Crippen LogP contribution in [0.1, 0.15) is 5.56 Å². The Balaban J connectivity index is 1.85. The lowest BCUT2D eigenvalue weighted by atomic mass is 10.0. The van der Waals surface area contributed by atoms with Gasteiger partial charge >= 0.3 is 0 Å². The molecule has 0 aromatic heterocycles. The first-order valence-corrected chi connectivity index (χ1v) is 7.60. The van der Waals surface area contributed by atoms with E-state index in [0.29, 0.717) is 4.91 Å². The highest BCUT2D eigenvalue weighted by Gasteiger charge is 2.24. The van der Waals surface area contributed by atoms with E-state index in [2.05, 4.69) is 16.7 Å². The summed E-state index contributed by atoms with van der Waals surface area (Å²) in [5, 5.41) is 5.04. The van der Waals surface area contributed by atoms with E-state index in [-0.39, 0.29) is 11.1 Å². The Morgan fingerprint density at radius 3 is 2.45 bits per heavy atom. The van der Waals surface area contributed by atoms with Crippen LogP contribution in [0.2, 0.25) is 0 Å². The number of rotatable bonds is 3. The van der Waals surface area contributed by atoms with Gasteiger partial charge in [-0.1, -0.05) is 36.4 Å². The van der Waals surface area contributed by atoms with Crippen LogP contribution < -0.4 is 10.6 Å². The molecule has 2 aromatic rings. The van der Waals surface area contributed by atoms with Gasteiger partial charge < -0.3 is 5.32 Å². The van der Waals surface area contributed by atoms with Gasteiger partial charge in [0.05, 0.1) is 4.91 Å². The molecule has 2 aromatic carbocycles. The maximum absolute atomic E-state index is 11.5. The van der Waals surface area contributed by atoms with Gasteiger partial charge in [-0.05, 0) is 46.7 Å². The zero-order valence-corrected chi connectivity index (χ0v) is 12.7. The Labute approximate surface area is 132 Å². The van der Waals surface area contributed by atoms with E-state index in [1.165, 1.54) is 0 Å². The number of thioether (sulfide) groups is 1. The van der Waals surface area contributed by atoms with E-state index >= 15 is 0 Å². The minimum Gasteiger partial charge on any atom is -0.388 e. The van der Waals surface area contributed by atoms with Gasteiger partial charge in [-0.25, -0.2) is 0 Å². The van der Waals surface area contributed by atoms with Gasteiger partial charge in [-0.2, -0.15) is 0 Å². The second kappa shape index (κ2) is 6.07. The second-order valence-corrected chi connectivity index (χ2v) is 5.82. The molecular formula is C17H14N2O2S. The Morgan fingerprint density at radius 2 is 1.82 bits per heavy atom. The highest BCUT2D eigenvalue weighted by molar-refractivity contribution is 8.18. The molecule has 22 heavy (non-hydrogen) atoms. The molecule has 0 spiro atoms. The molecule has 0 saturated carbocycles. The number of benzene rings is 2. The van der Waals surface area contributed by atoms with Crippen molar-refractivity contribution in [3.8, 4) is 11.1 Å². The van der Waals surface area contributed by atoms with Gasteiger partial charge in [0, 0.05) is 12.7 Å². The number of amides is 2. The summed E-state index contributed by atoms with van der Waals surface area (Å²) in [6.07, 6.45) is 1.72. The van der Waals surface area contributed by atoms with Crippen LogP contribution >= 0.6 is 11.8 Å². The van der Waals surface area contributed by atoms with E-state index < -0.39 is 0 Å². The molecule has 2 N–H and O–H groups in total. The van der Waals surface area contributed by atoms with Crippen molar-refractivity contribution in [2.45, 2.75) is 0 Å². The summed E-state index contributed by atoms with van der Waals surface area (Å²) in [5.74, 6) is -0.333. The maximum Gasteiger partial charge on any atom is 0.290 e. The van der Waals surface area contributed by atoms with Gasteiger partial charge in [0.25, 0.3) is 11.1 Å². The lowest BCUT2D eigenvalue weighted by Crippen LogP contribution is -2.17. The predicted octanol–water partition coefficient (Wildman–Crippen LogP) is 3.72. The first-order valence-electron chi connectivity index (χ1n) is 6.79. The second-order valence-electron chi connectivity index (χ2n) is 4.81. The Kier molecular flexibility index (Phi) is 3.98. The standard InChI is InChI=1S/C17H14N2O2S/c1-18-14-4-2-3-13(10-14)12-7-5-11(6-8-12)9-15-16(20)19-17(21)22-15/h2-10,18H,1H3,(H,19,20,21)/b15-9-. The first kappa shape index (κ1) is 14.4. The molecule has 0 radical (unpaired) electrons. The molecule has 5 heteroatoms. The predicted molar refractivity (Wildman–Crippen MR) is 90.5 cm³/mol. The van der Waals surface area contributed by atoms with E-state index in [1.54, 1.807) is 6.08 Å². The fraction of sp³-hybridized carbons (Fsp3) is 0.0588. The van der Waals surface area contributed by atoms with Crippen LogP contribution in [-0.2, 0) is 4.79 Å². The summed E-state index contributed by atoms with van der Waals surface area (Å²) in [6.45, 7) is 0. The van der Waals surface area contributed by atoms with Crippen LogP contribution in [0.25, 0.3) is 17.2 Å². The van der Waals surface area contributed by atoms with E-state index in [1.807, 2.05) is 49.5 Å². The third-order valence-corrected chi connectivity index (χ3v) is 4.15. The fourth-order valence-electron chi connectivity index (χ4n) is 2.20. The van der Waals surface area contributed by atoms with Crippen molar-refractivity contribution in [2.24, 2.45) is 0 Å².